The zero-order valence-corrected chi connectivity index (χ0v) is 9.49. The molecule has 14 heavy (non-hydrogen) atoms. The van der Waals surface area contributed by atoms with Crippen LogP contribution in [0, 0.1) is 11.8 Å². The summed E-state index contributed by atoms with van der Waals surface area (Å²) in [5, 5.41) is 10.5. The molecular weight excluding hydrogens is 176 g/mol. The lowest BCUT2D eigenvalue weighted by Gasteiger charge is -2.45. The van der Waals surface area contributed by atoms with E-state index in [0.717, 1.165) is 25.7 Å². The Morgan fingerprint density at radius 2 is 1.57 bits per heavy atom. The largest absolute Gasteiger partial charge is 0.389 e. The van der Waals surface area contributed by atoms with Crippen LogP contribution in [0.4, 0.5) is 0 Å². The van der Waals surface area contributed by atoms with Crippen molar-refractivity contribution in [3.05, 3.63) is 0 Å². The average molecular weight is 198 g/mol. The monoisotopic (exact) mass is 198 g/mol. The van der Waals surface area contributed by atoms with E-state index in [4.69, 9.17) is 4.74 Å². The molecule has 1 saturated heterocycles. The van der Waals surface area contributed by atoms with Crippen LogP contribution in [0.3, 0.4) is 0 Å². The molecule has 0 aromatic heterocycles. The number of hydrogen-bond acceptors (Lipinski definition) is 2. The van der Waals surface area contributed by atoms with Crippen LogP contribution in [-0.4, -0.2) is 22.9 Å². The quantitative estimate of drug-likeness (QED) is 0.738. The third-order valence-electron chi connectivity index (χ3n) is 4.34. The van der Waals surface area contributed by atoms with Crippen molar-refractivity contribution < 1.29 is 9.84 Å². The Morgan fingerprint density at radius 1 is 1.14 bits per heavy atom. The number of fused-ring (bicyclic) bond motifs is 2. The molecule has 0 aromatic carbocycles. The fraction of sp³-hybridized carbons (Fsp3) is 1.00. The Balaban J connectivity index is 2.23. The summed E-state index contributed by atoms with van der Waals surface area (Å²) in [5.41, 5.74) is -0.473. The van der Waals surface area contributed by atoms with Crippen LogP contribution in [-0.2, 0) is 4.74 Å². The molecule has 2 nitrogen and oxygen atoms in total. The summed E-state index contributed by atoms with van der Waals surface area (Å²) in [6.45, 7) is 6.33. The minimum absolute atomic E-state index is 0.286. The Morgan fingerprint density at radius 3 is 1.93 bits per heavy atom. The second kappa shape index (κ2) is 3.49. The summed E-state index contributed by atoms with van der Waals surface area (Å²) in [7, 11) is 0. The van der Waals surface area contributed by atoms with Gasteiger partial charge in [0.15, 0.2) is 0 Å². The van der Waals surface area contributed by atoms with Gasteiger partial charge in [-0.15, -0.1) is 0 Å². The van der Waals surface area contributed by atoms with Crippen molar-refractivity contribution in [1.29, 1.82) is 0 Å². The third kappa shape index (κ3) is 1.31. The second-order valence-corrected chi connectivity index (χ2v) is 5.05. The standard InChI is InChI=1S/C12H22O2/c1-4-10-8-6-7-9(12(8,3)13)11(5-2)14-10/h8-11,13H,4-7H2,1-3H3/t8-,9+,10+,11-,12?. The van der Waals surface area contributed by atoms with Crippen molar-refractivity contribution in [2.75, 3.05) is 0 Å². The second-order valence-electron chi connectivity index (χ2n) is 5.05. The predicted octanol–water partition coefficient (Wildman–Crippen LogP) is 2.35. The fourth-order valence-electron chi connectivity index (χ4n) is 3.52. The lowest BCUT2D eigenvalue weighted by atomic mass is 9.76. The van der Waals surface area contributed by atoms with Crippen molar-refractivity contribution in [1.82, 2.24) is 0 Å². The zero-order valence-electron chi connectivity index (χ0n) is 9.49. The normalized spacial score (nSPS) is 52.3. The lowest BCUT2D eigenvalue weighted by Crippen LogP contribution is -2.53. The Hall–Kier alpha value is -0.0800. The highest BCUT2D eigenvalue weighted by Crippen LogP contribution is 2.50. The van der Waals surface area contributed by atoms with Crippen molar-refractivity contribution in [2.45, 2.75) is 64.3 Å². The molecule has 1 saturated carbocycles. The molecule has 1 heterocycles. The van der Waals surface area contributed by atoms with Gasteiger partial charge in [-0.3, -0.25) is 0 Å². The maximum atomic E-state index is 10.5. The van der Waals surface area contributed by atoms with Gasteiger partial charge in [0, 0.05) is 11.8 Å². The third-order valence-corrected chi connectivity index (χ3v) is 4.34. The van der Waals surface area contributed by atoms with Crippen LogP contribution >= 0.6 is 0 Å². The maximum absolute atomic E-state index is 10.5. The SMILES string of the molecule is CC[C@@H]1O[C@H](CC)[C@@H]2CC[C@H]1C2(C)O. The topological polar surface area (TPSA) is 29.5 Å². The van der Waals surface area contributed by atoms with E-state index in [1.807, 2.05) is 6.92 Å². The minimum atomic E-state index is -0.473. The first kappa shape index (κ1) is 10.4. The predicted molar refractivity (Wildman–Crippen MR) is 56.1 cm³/mol. The van der Waals surface area contributed by atoms with E-state index in [1.54, 1.807) is 0 Å². The van der Waals surface area contributed by atoms with Gasteiger partial charge >= 0.3 is 0 Å². The van der Waals surface area contributed by atoms with Crippen molar-refractivity contribution >= 4 is 0 Å². The minimum Gasteiger partial charge on any atom is -0.389 e. The first-order valence-corrected chi connectivity index (χ1v) is 5.99. The number of ether oxygens (including phenoxy) is 1. The highest BCUT2D eigenvalue weighted by atomic mass is 16.5. The van der Waals surface area contributed by atoms with Crippen LogP contribution in [0.1, 0.15) is 46.5 Å². The van der Waals surface area contributed by atoms with E-state index in [-0.39, 0.29) is 12.2 Å². The Bertz CT molecular complexity index is 192. The maximum Gasteiger partial charge on any atom is 0.0725 e. The van der Waals surface area contributed by atoms with Crippen molar-refractivity contribution in [2.24, 2.45) is 11.8 Å². The van der Waals surface area contributed by atoms with E-state index in [1.165, 1.54) is 0 Å². The van der Waals surface area contributed by atoms with Gasteiger partial charge in [-0.1, -0.05) is 13.8 Å². The molecule has 5 atom stereocenters. The van der Waals surface area contributed by atoms with Crippen LogP contribution in [0.15, 0.2) is 0 Å². The summed E-state index contributed by atoms with van der Waals surface area (Å²) in [6.07, 6.45) is 4.93. The first-order chi connectivity index (χ1) is 6.61. The summed E-state index contributed by atoms with van der Waals surface area (Å²) in [5.74, 6) is 0.751. The molecule has 2 aliphatic rings. The van der Waals surface area contributed by atoms with Crippen LogP contribution in [0.25, 0.3) is 0 Å². The summed E-state index contributed by atoms with van der Waals surface area (Å²) < 4.78 is 6.05. The Kier molecular flexibility index (Phi) is 2.61. The molecule has 0 radical (unpaired) electrons. The zero-order chi connectivity index (χ0) is 10.3. The van der Waals surface area contributed by atoms with E-state index in [0.29, 0.717) is 11.8 Å². The van der Waals surface area contributed by atoms with E-state index in [9.17, 15) is 5.11 Å². The van der Waals surface area contributed by atoms with Gasteiger partial charge in [-0.2, -0.15) is 0 Å². The van der Waals surface area contributed by atoms with Gasteiger partial charge in [-0.25, -0.2) is 0 Å². The summed E-state index contributed by atoms with van der Waals surface area (Å²) in [6, 6.07) is 0. The van der Waals surface area contributed by atoms with Crippen LogP contribution in [0.2, 0.25) is 0 Å². The van der Waals surface area contributed by atoms with Gasteiger partial charge < -0.3 is 9.84 Å². The molecule has 1 N–H and O–H groups in total. The van der Waals surface area contributed by atoms with Gasteiger partial charge in [-0.05, 0) is 32.6 Å². The summed E-state index contributed by atoms with van der Waals surface area (Å²) in [4.78, 5) is 0. The van der Waals surface area contributed by atoms with Gasteiger partial charge in [0.25, 0.3) is 0 Å². The number of hydrogen-bond donors (Lipinski definition) is 1. The fourth-order valence-corrected chi connectivity index (χ4v) is 3.52. The molecule has 1 aliphatic carbocycles. The molecule has 0 aromatic rings. The van der Waals surface area contributed by atoms with Gasteiger partial charge in [0.1, 0.15) is 0 Å². The highest BCUT2D eigenvalue weighted by molar-refractivity contribution is 5.04. The molecule has 1 aliphatic heterocycles. The molecule has 0 spiro atoms. The van der Waals surface area contributed by atoms with Gasteiger partial charge in [0.2, 0.25) is 0 Å². The van der Waals surface area contributed by atoms with E-state index in [2.05, 4.69) is 13.8 Å². The molecule has 2 fully saturated rings. The van der Waals surface area contributed by atoms with Crippen molar-refractivity contribution in [3.63, 3.8) is 0 Å². The smallest absolute Gasteiger partial charge is 0.0725 e. The molecule has 0 amide bonds. The molecule has 2 heteroatoms. The van der Waals surface area contributed by atoms with Crippen molar-refractivity contribution in [3.8, 4) is 0 Å². The van der Waals surface area contributed by atoms with E-state index < -0.39 is 5.60 Å². The molecule has 2 bridgehead atoms. The molecule has 2 rings (SSSR count). The number of aliphatic hydroxyl groups is 1. The average Bonchev–Trinajstić information content (AvgIpc) is 2.39. The van der Waals surface area contributed by atoms with Crippen LogP contribution < -0.4 is 0 Å². The first-order valence-electron chi connectivity index (χ1n) is 5.99. The highest BCUT2D eigenvalue weighted by Gasteiger charge is 2.55. The lowest BCUT2D eigenvalue weighted by molar-refractivity contribution is -0.191. The molecule has 1 unspecified atom stereocenters. The molecule has 82 valence electrons. The van der Waals surface area contributed by atoms with Gasteiger partial charge in [0.05, 0.1) is 17.8 Å². The van der Waals surface area contributed by atoms with Crippen LogP contribution in [0.5, 0.6) is 0 Å². The molecular formula is C12H22O2. The summed E-state index contributed by atoms with van der Waals surface area (Å²) >= 11 is 0. The Labute approximate surface area is 86.6 Å². The number of rotatable bonds is 2. The van der Waals surface area contributed by atoms with E-state index >= 15 is 0 Å².